The molecule has 3 N–H and O–H groups in total. The average Bonchev–Trinajstić information content (AvgIpc) is 2.29. The van der Waals surface area contributed by atoms with Gasteiger partial charge in [-0.15, -0.1) is 12.4 Å². The number of carbonyl (C=O) groups excluding carboxylic acids is 1. The molecular weight excluding hydrogens is 293 g/mol. The third kappa shape index (κ3) is 4.68. The van der Waals surface area contributed by atoms with Crippen molar-refractivity contribution in [3.63, 3.8) is 0 Å². The molecular formula is C13H18ClF3N2O. The Morgan fingerprint density at radius 3 is 2.30 bits per heavy atom. The molecule has 0 aliphatic carbocycles. The summed E-state index contributed by atoms with van der Waals surface area (Å²) in [6.45, 7) is 5.16. The molecule has 7 heteroatoms. The van der Waals surface area contributed by atoms with Crippen LogP contribution in [0.1, 0.15) is 25.0 Å². The van der Waals surface area contributed by atoms with Gasteiger partial charge in [0.15, 0.2) is 0 Å². The number of hydrogen-bond donors (Lipinski definition) is 2. The van der Waals surface area contributed by atoms with E-state index in [2.05, 4.69) is 5.32 Å². The third-order valence-corrected chi connectivity index (χ3v) is 2.84. The van der Waals surface area contributed by atoms with E-state index in [9.17, 15) is 18.0 Å². The standard InChI is InChI=1S/C13H17F3N2O.ClH/c1-7(2)11(17)12(19)18-10-6-9(13(14,15)16)5-4-8(10)3;/h4-7,11H,17H2,1-3H3,(H,18,19);1H. The van der Waals surface area contributed by atoms with Gasteiger partial charge in [-0.3, -0.25) is 4.79 Å². The van der Waals surface area contributed by atoms with E-state index in [1.165, 1.54) is 6.07 Å². The Balaban J connectivity index is 0.00000361. The molecule has 0 bridgehead atoms. The van der Waals surface area contributed by atoms with E-state index < -0.39 is 23.7 Å². The molecule has 0 fully saturated rings. The maximum Gasteiger partial charge on any atom is 0.416 e. The Morgan fingerprint density at radius 2 is 1.85 bits per heavy atom. The molecule has 1 aromatic carbocycles. The highest BCUT2D eigenvalue weighted by atomic mass is 35.5. The fraction of sp³-hybridized carbons (Fsp3) is 0.462. The number of benzene rings is 1. The monoisotopic (exact) mass is 310 g/mol. The van der Waals surface area contributed by atoms with Gasteiger partial charge in [-0.1, -0.05) is 19.9 Å². The zero-order chi connectivity index (χ0) is 14.8. The van der Waals surface area contributed by atoms with Gasteiger partial charge >= 0.3 is 6.18 Å². The van der Waals surface area contributed by atoms with Gasteiger partial charge < -0.3 is 11.1 Å². The van der Waals surface area contributed by atoms with Crippen molar-refractivity contribution in [3.8, 4) is 0 Å². The van der Waals surface area contributed by atoms with E-state index in [-0.39, 0.29) is 24.0 Å². The molecule has 114 valence electrons. The topological polar surface area (TPSA) is 55.1 Å². The van der Waals surface area contributed by atoms with Gasteiger partial charge in [0.2, 0.25) is 5.91 Å². The van der Waals surface area contributed by atoms with Crippen molar-refractivity contribution < 1.29 is 18.0 Å². The highest BCUT2D eigenvalue weighted by Crippen LogP contribution is 2.32. The van der Waals surface area contributed by atoms with Crippen molar-refractivity contribution in [2.45, 2.75) is 33.0 Å². The number of halogens is 4. The normalized spacial score (nSPS) is 12.8. The largest absolute Gasteiger partial charge is 0.416 e. The van der Waals surface area contributed by atoms with Crippen LogP contribution in [0, 0.1) is 12.8 Å². The highest BCUT2D eigenvalue weighted by molar-refractivity contribution is 5.95. The summed E-state index contributed by atoms with van der Waals surface area (Å²) in [7, 11) is 0. The van der Waals surface area contributed by atoms with Gasteiger partial charge in [-0.05, 0) is 30.5 Å². The molecule has 0 aliphatic rings. The molecule has 0 aromatic heterocycles. The summed E-state index contributed by atoms with van der Waals surface area (Å²) in [6.07, 6.45) is -4.44. The maximum atomic E-state index is 12.6. The fourth-order valence-electron chi connectivity index (χ4n) is 1.45. The number of alkyl halides is 3. The van der Waals surface area contributed by atoms with Crippen molar-refractivity contribution in [3.05, 3.63) is 29.3 Å². The van der Waals surface area contributed by atoms with Crippen molar-refractivity contribution in [1.82, 2.24) is 0 Å². The molecule has 20 heavy (non-hydrogen) atoms. The van der Waals surface area contributed by atoms with E-state index in [1.54, 1.807) is 20.8 Å². The van der Waals surface area contributed by atoms with Gasteiger partial charge in [0.25, 0.3) is 0 Å². The Bertz CT molecular complexity index is 475. The number of hydrogen-bond acceptors (Lipinski definition) is 2. The van der Waals surface area contributed by atoms with E-state index in [0.29, 0.717) is 5.56 Å². The minimum Gasteiger partial charge on any atom is -0.324 e. The molecule has 1 aromatic rings. The first kappa shape index (κ1) is 18.7. The summed E-state index contributed by atoms with van der Waals surface area (Å²) < 4.78 is 37.8. The van der Waals surface area contributed by atoms with Crippen LogP contribution in [-0.4, -0.2) is 11.9 Å². The average molecular weight is 311 g/mol. The molecule has 1 unspecified atom stereocenters. The maximum absolute atomic E-state index is 12.6. The van der Waals surface area contributed by atoms with Crippen molar-refractivity contribution in [2.75, 3.05) is 5.32 Å². The molecule has 0 radical (unpaired) electrons. The van der Waals surface area contributed by atoms with Crippen LogP contribution in [0.5, 0.6) is 0 Å². The number of aryl methyl sites for hydroxylation is 1. The number of nitrogens with two attached hydrogens (primary N) is 1. The quantitative estimate of drug-likeness (QED) is 0.899. The number of rotatable bonds is 3. The molecule has 1 amide bonds. The lowest BCUT2D eigenvalue weighted by Crippen LogP contribution is -2.39. The van der Waals surface area contributed by atoms with Crippen LogP contribution in [0.3, 0.4) is 0 Å². The van der Waals surface area contributed by atoms with Crippen LogP contribution in [-0.2, 0) is 11.0 Å². The number of anilines is 1. The van der Waals surface area contributed by atoms with Crippen LogP contribution < -0.4 is 11.1 Å². The summed E-state index contributed by atoms with van der Waals surface area (Å²) in [5.41, 5.74) is 5.54. The van der Waals surface area contributed by atoms with Crippen LogP contribution in [0.25, 0.3) is 0 Å². The Hall–Kier alpha value is -1.27. The van der Waals surface area contributed by atoms with Gasteiger partial charge in [0.1, 0.15) is 0 Å². The van der Waals surface area contributed by atoms with Crippen LogP contribution in [0.15, 0.2) is 18.2 Å². The van der Waals surface area contributed by atoms with Crippen LogP contribution in [0.2, 0.25) is 0 Å². The lowest BCUT2D eigenvalue weighted by Gasteiger charge is -2.17. The zero-order valence-electron chi connectivity index (χ0n) is 11.4. The molecule has 3 nitrogen and oxygen atoms in total. The van der Waals surface area contributed by atoms with Crippen molar-refractivity contribution >= 4 is 24.0 Å². The summed E-state index contributed by atoms with van der Waals surface area (Å²) in [5.74, 6) is -0.580. The van der Waals surface area contributed by atoms with Crippen molar-refractivity contribution in [1.29, 1.82) is 0 Å². The molecule has 0 saturated carbocycles. The number of nitrogens with one attached hydrogen (secondary N) is 1. The Labute approximate surface area is 122 Å². The smallest absolute Gasteiger partial charge is 0.324 e. The predicted molar refractivity (Wildman–Crippen MR) is 74.9 cm³/mol. The lowest BCUT2D eigenvalue weighted by atomic mass is 10.0. The van der Waals surface area contributed by atoms with E-state index in [1.807, 2.05) is 0 Å². The molecule has 0 heterocycles. The van der Waals surface area contributed by atoms with E-state index >= 15 is 0 Å². The SMILES string of the molecule is Cc1ccc(C(F)(F)F)cc1NC(=O)C(N)C(C)C.Cl. The van der Waals surface area contributed by atoms with Gasteiger partial charge in [0.05, 0.1) is 11.6 Å². The summed E-state index contributed by atoms with van der Waals surface area (Å²) in [4.78, 5) is 11.7. The first-order valence-electron chi connectivity index (χ1n) is 5.87. The third-order valence-electron chi connectivity index (χ3n) is 2.84. The minimum absolute atomic E-state index is 0. The van der Waals surface area contributed by atoms with Gasteiger partial charge in [-0.2, -0.15) is 13.2 Å². The summed E-state index contributed by atoms with van der Waals surface area (Å²) in [5, 5.41) is 2.44. The summed E-state index contributed by atoms with van der Waals surface area (Å²) >= 11 is 0. The zero-order valence-corrected chi connectivity index (χ0v) is 12.2. The number of carbonyl (C=O) groups is 1. The van der Waals surface area contributed by atoms with Crippen molar-refractivity contribution in [2.24, 2.45) is 11.7 Å². The molecule has 0 aliphatic heterocycles. The second kappa shape index (κ2) is 6.95. The number of amides is 1. The second-order valence-corrected chi connectivity index (χ2v) is 4.79. The molecule has 1 atom stereocenters. The Kier molecular flexibility index (Phi) is 6.50. The van der Waals surface area contributed by atoms with Gasteiger partial charge in [-0.25, -0.2) is 0 Å². The molecule has 0 saturated heterocycles. The van der Waals surface area contributed by atoms with Crippen LogP contribution >= 0.6 is 12.4 Å². The first-order chi connectivity index (χ1) is 8.62. The summed E-state index contributed by atoms with van der Waals surface area (Å²) in [6, 6.07) is 2.46. The molecule has 0 spiro atoms. The van der Waals surface area contributed by atoms with E-state index in [4.69, 9.17) is 5.73 Å². The van der Waals surface area contributed by atoms with Crippen LogP contribution in [0.4, 0.5) is 18.9 Å². The highest BCUT2D eigenvalue weighted by Gasteiger charge is 2.31. The first-order valence-corrected chi connectivity index (χ1v) is 5.87. The Morgan fingerprint density at radius 1 is 1.30 bits per heavy atom. The molecule has 1 rings (SSSR count). The van der Waals surface area contributed by atoms with E-state index in [0.717, 1.165) is 12.1 Å². The lowest BCUT2D eigenvalue weighted by molar-refractivity contribution is -0.137. The van der Waals surface area contributed by atoms with Gasteiger partial charge in [0, 0.05) is 5.69 Å². The fourth-order valence-corrected chi connectivity index (χ4v) is 1.45. The predicted octanol–water partition coefficient (Wildman–Crippen LogP) is 3.36. The second-order valence-electron chi connectivity index (χ2n) is 4.79. The minimum atomic E-state index is -4.44.